The van der Waals surface area contributed by atoms with E-state index in [1.165, 1.54) is 4.90 Å². The Morgan fingerprint density at radius 1 is 1.03 bits per heavy atom. The zero-order chi connectivity index (χ0) is 25.5. The Labute approximate surface area is 200 Å². The van der Waals surface area contributed by atoms with Crippen molar-refractivity contribution in [2.75, 3.05) is 18.4 Å². The van der Waals surface area contributed by atoms with Gasteiger partial charge in [-0.05, 0) is 69.9 Å². The highest BCUT2D eigenvalue weighted by Crippen LogP contribution is 2.28. The van der Waals surface area contributed by atoms with E-state index in [1.807, 2.05) is 45.0 Å². The highest BCUT2D eigenvalue weighted by molar-refractivity contribution is 5.99. The maximum atomic E-state index is 13.5. The van der Waals surface area contributed by atoms with Crippen LogP contribution in [0.4, 0.5) is 10.5 Å². The molecule has 0 saturated heterocycles. The zero-order valence-corrected chi connectivity index (χ0v) is 20.6. The second-order valence-electron chi connectivity index (χ2n) is 9.03. The number of benzene rings is 2. The maximum absolute atomic E-state index is 13.5. The van der Waals surface area contributed by atoms with E-state index in [1.54, 1.807) is 45.0 Å². The molecule has 0 spiro atoms. The molecule has 8 heteroatoms. The number of alkyl carbamates (subject to hydrolysis) is 1. The molecule has 0 radical (unpaired) electrons. The van der Waals surface area contributed by atoms with Gasteiger partial charge in [-0.15, -0.1) is 0 Å². The number of carbonyl (C=O) groups is 3. The topological polar surface area (TPSA) is 112 Å². The highest BCUT2D eigenvalue weighted by Gasteiger charge is 2.33. The maximum Gasteiger partial charge on any atom is 0.408 e. The number of rotatable bonds is 7. The van der Waals surface area contributed by atoms with Gasteiger partial charge in [0.2, 0.25) is 5.91 Å². The number of nitrogens with one attached hydrogen (secondary N) is 2. The minimum absolute atomic E-state index is 0.339. The number of ether oxygens (including phenoxy) is 1. The summed E-state index contributed by atoms with van der Waals surface area (Å²) in [4.78, 5) is 39.9. The third-order valence-corrected chi connectivity index (χ3v) is 5.25. The average Bonchev–Trinajstić information content (AvgIpc) is 2.75. The van der Waals surface area contributed by atoms with Gasteiger partial charge in [-0.1, -0.05) is 36.4 Å². The number of hydrogen-bond acceptors (Lipinski definition) is 5. The number of nitriles is 1. The van der Waals surface area contributed by atoms with Crippen LogP contribution in [0.1, 0.15) is 49.1 Å². The van der Waals surface area contributed by atoms with E-state index in [0.29, 0.717) is 11.3 Å². The van der Waals surface area contributed by atoms with Gasteiger partial charge in [0.25, 0.3) is 5.91 Å². The van der Waals surface area contributed by atoms with Gasteiger partial charge in [-0.3, -0.25) is 9.59 Å². The zero-order valence-electron chi connectivity index (χ0n) is 20.6. The van der Waals surface area contributed by atoms with Crippen molar-refractivity contribution in [2.24, 2.45) is 0 Å². The van der Waals surface area contributed by atoms with Crippen LogP contribution in [0.15, 0.2) is 42.5 Å². The second-order valence-corrected chi connectivity index (χ2v) is 9.03. The lowest BCUT2D eigenvalue weighted by Crippen LogP contribution is -2.47. The van der Waals surface area contributed by atoms with Crippen molar-refractivity contribution < 1.29 is 19.1 Å². The summed E-state index contributed by atoms with van der Waals surface area (Å²) >= 11 is 0. The van der Waals surface area contributed by atoms with Gasteiger partial charge in [0.1, 0.15) is 24.7 Å². The van der Waals surface area contributed by atoms with Crippen LogP contribution in [-0.4, -0.2) is 41.5 Å². The van der Waals surface area contributed by atoms with E-state index in [9.17, 15) is 19.6 Å². The van der Waals surface area contributed by atoms with Gasteiger partial charge < -0.3 is 20.3 Å². The summed E-state index contributed by atoms with van der Waals surface area (Å²) in [5, 5.41) is 14.8. The van der Waals surface area contributed by atoms with Crippen molar-refractivity contribution in [3.8, 4) is 6.07 Å². The van der Waals surface area contributed by atoms with E-state index in [2.05, 4.69) is 10.6 Å². The molecule has 0 saturated carbocycles. The number of hydrogen-bond donors (Lipinski definition) is 2. The van der Waals surface area contributed by atoms with Crippen LogP contribution >= 0.6 is 0 Å². The molecule has 180 valence electrons. The third kappa shape index (κ3) is 7.07. The van der Waals surface area contributed by atoms with Gasteiger partial charge in [0.05, 0.1) is 6.07 Å². The van der Waals surface area contributed by atoms with E-state index < -0.39 is 36.1 Å². The molecule has 0 aromatic heterocycles. The Balaban J connectivity index is 2.41. The number of carbonyl (C=O) groups excluding carboxylic acids is 3. The van der Waals surface area contributed by atoms with Crippen molar-refractivity contribution >= 4 is 23.6 Å². The van der Waals surface area contributed by atoms with Crippen LogP contribution in [0.2, 0.25) is 0 Å². The fourth-order valence-corrected chi connectivity index (χ4v) is 3.40. The molecule has 8 nitrogen and oxygen atoms in total. The summed E-state index contributed by atoms with van der Waals surface area (Å²) in [7, 11) is 0. The SMILES string of the molecule is Cc1ccccc1NC(=O)C(c1cccc(C)c1C)N(CC#N)C(=O)CNC(=O)OC(C)(C)C. The predicted molar refractivity (Wildman–Crippen MR) is 130 cm³/mol. The van der Waals surface area contributed by atoms with Crippen molar-refractivity contribution in [1.82, 2.24) is 10.2 Å². The van der Waals surface area contributed by atoms with Crippen LogP contribution < -0.4 is 10.6 Å². The first-order chi connectivity index (χ1) is 15.9. The average molecular weight is 465 g/mol. The minimum Gasteiger partial charge on any atom is -0.444 e. The molecule has 3 amide bonds. The van der Waals surface area contributed by atoms with E-state index >= 15 is 0 Å². The Morgan fingerprint density at radius 2 is 1.68 bits per heavy atom. The van der Waals surface area contributed by atoms with E-state index in [4.69, 9.17) is 4.74 Å². The normalized spacial score (nSPS) is 11.7. The highest BCUT2D eigenvalue weighted by atomic mass is 16.6. The molecular weight excluding hydrogens is 432 g/mol. The summed E-state index contributed by atoms with van der Waals surface area (Å²) in [6.45, 7) is 10.0. The van der Waals surface area contributed by atoms with Crippen LogP contribution in [0.3, 0.4) is 0 Å². The molecule has 0 fully saturated rings. The standard InChI is InChI=1S/C26H32N4O4/c1-17-11-9-12-20(19(17)3)23(24(32)29-21-13-8-7-10-18(21)2)30(15-14-27)22(31)16-28-25(33)34-26(4,5)6/h7-13,23H,15-16H2,1-6H3,(H,28,33)(H,29,32). The van der Waals surface area contributed by atoms with Crippen LogP contribution in [0.5, 0.6) is 0 Å². The molecule has 2 aromatic rings. The Morgan fingerprint density at radius 3 is 2.29 bits per heavy atom. The second kappa shape index (κ2) is 11.3. The summed E-state index contributed by atoms with van der Waals surface area (Å²) in [6.07, 6.45) is -0.759. The first-order valence-corrected chi connectivity index (χ1v) is 11.0. The molecule has 0 aliphatic rings. The van der Waals surface area contributed by atoms with Gasteiger partial charge in [0, 0.05) is 5.69 Å². The molecule has 0 aliphatic heterocycles. The lowest BCUT2D eigenvalue weighted by atomic mass is 9.95. The molecular formula is C26H32N4O4. The number of amides is 3. The molecule has 0 aliphatic carbocycles. The van der Waals surface area contributed by atoms with Crippen molar-refractivity contribution in [3.63, 3.8) is 0 Å². The fourth-order valence-electron chi connectivity index (χ4n) is 3.40. The number of anilines is 1. The summed E-state index contributed by atoms with van der Waals surface area (Å²) in [6, 6.07) is 13.7. The molecule has 2 rings (SSSR count). The quantitative estimate of drug-likeness (QED) is 0.598. The number of para-hydroxylation sites is 1. The Hall–Kier alpha value is -3.86. The predicted octanol–water partition coefficient (Wildman–Crippen LogP) is 4.17. The summed E-state index contributed by atoms with van der Waals surface area (Å²) < 4.78 is 5.18. The first-order valence-electron chi connectivity index (χ1n) is 11.0. The van der Waals surface area contributed by atoms with Crippen LogP contribution in [-0.2, 0) is 14.3 Å². The molecule has 0 bridgehead atoms. The molecule has 2 N–H and O–H groups in total. The van der Waals surface area contributed by atoms with E-state index in [0.717, 1.165) is 16.7 Å². The monoisotopic (exact) mass is 464 g/mol. The van der Waals surface area contributed by atoms with Crippen LogP contribution in [0, 0.1) is 32.1 Å². The summed E-state index contributed by atoms with van der Waals surface area (Å²) in [5.74, 6) is -1.04. The van der Waals surface area contributed by atoms with E-state index in [-0.39, 0.29) is 6.54 Å². The lowest BCUT2D eigenvalue weighted by molar-refractivity contribution is -0.137. The Kier molecular flexibility index (Phi) is 8.79. The van der Waals surface area contributed by atoms with Crippen LogP contribution in [0.25, 0.3) is 0 Å². The smallest absolute Gasteiger partial charge is 0.408 e. The van der Waals surface area contributed by atoms with Gasteiger partial charge >= 0.3 is 6.09 Å². The largest absolute Gasteiger partial charge is 0.444 e. The first kappa shape index (κ1) is 26.4. The van der Waals surface area contributed by atoms with Gasteiger partial charge in [-0.2, -0.15) is 5.26 Å². The fraction of sp³-hybridized carbons (Fsp3) is 0.385. The molecule has 0 heterocycles. The minimum atomic E-state index is -1.08. The number of nitrogens with zero attached hydrogens (tertiary/aromatic N) is 2. The molecule has 34 heavy (non-hydrogen) atoms. The number of aryl methyl sites for hydroxylation is 2. The van der Waals surface area contributed by atoms with Crippen molar-refractivity contribution in [3.05, 3.63) is 64.7 Å². The molecule has 2 aromatic carbocycles. The van der Waals surface area contributed by atoms with Gasteiger partial charge in [0.15, 0.2) is 0 Å². The molecule has 1 unspecified atom stereocenters. The lowest BCUT2D eigenvalue weighted by Gasteiger charge is -2.31. The van der Waals surface area contributed by atoms with Gasteiger partial charge in [-0.25, -0.2) is 4.79 Å². The Bertz CT molecular complexity index is 1100. The summed E-state index contributed by atoms with van der Waals surface area (Å²) in [5.41, 5.74) is 3.13. The van der Waals surface area contributed by atoms with Crippen molar-refractivity contribution in [2.45, 2.75) is 53.2 Å². The van der Waals surface area contributed by atoms with Crippen molar-refractivity contribution in [1.29, 1.82) is 5.26 Å². The third-order valence-electron chi connectivity index (χ3n) is 5.25. The molecule has 1 atom stereocenters.